The highest BCUT2D eigenvalue weighted by Crippen LogP contribution is 2.18. The largest absolute Gasteiger partial charge is 0.478 e. The Morgan fingerprint density at radius 2 is 1.80 bits per heavy atom. The Labute approximate surface area is 148 Å². The summed E-state index contributed by atoms with van der Waals surface area (Å²) in [6, 6.07) is 15.4. The van der Waals surface area contributed by atoms with Gasteiger partial charge in [0.25, 0.3) is 5.91 Å². The van der Waals surface area contributed by atoms with Crippen molar-refractivity contribution in [3.05, 3.63) is 71.5 Å². The molecule has 1 amide bonds. The maximum Gasteiger partial charge on any atom is 0.335 e. The summed E-state index contributed by atoms with van der Waals surface area (Å²) in [5, 5.41) is 15.3. The van der Waals surface area contributed by atoms with Crippen LogP contribution in [0, 0.1) is 0 Å². The van der Waals surface area contributed by atoms with Crippen molar-refractivity contribution in [2.45, 2.75) is 6.54 Å². The molecule has 1 heterocycles. The number of para-hydroxylation sites is 1. The van der Waals surface area contributed by atoms with E-state index >= 15 is 0 Å². The molecule has 0 radical (unpaired) electrons. The first kappa shape index (κ1) is 16.7. The van der Waals surface area contributed by atoms with Crippen LogP contribution in [0.3, 0.4) is 0 Å². The number of carbonyl (C=O) groups is 2. The number of carboxylic acid groups (broad SMARTS) is 1. The van der Waals surface area contributed by atoms with Crippen molar-refractivity contribution < 1.29 is 19.1 Å². The van der Waals surface area contributed by atoms with E-state index in [2.05, 4.69) is 10.6 Å². The summed E-state index contributed by atoms with van der Waals surface area (Å²) < 4.78 is 5.47. The fraction of sp³-hybridized carbons (Fsp3) is 0.0556. The quantitative estimate of drug-likeness (QED) is 0.624. The van der Waals surface area contributed by atoms with Gasteiger partial charge in [0.15, 0.2) is 10.9 Å². The van der Waals surface area contributed by atoms with E-state index in [1.54, 1.807) is 24.3 Å². The molecule has 3 rings (SSSR count). The van der Waals surface area contributed by atoms with E-state index in [1.807, 2.05) is 18.2 Å². The first-order chi connectivity index (χ1) is 12.0. The second-order valence-corrected chi connectivity index (χ2v) is 5.70. The number of hydrogen-bond donors (Lipinski definition) is 3. The number of thiocarbonyl (C=S) groups is 1. The molecule has 0 unspecified atom stereocenters. The summed E-state index contributed by atoms with van der Waals surface area (Å²) in [4.78, 5) is 23.0. The van der Waals surface area contributed by atoms with E-state index in [-0.39, 0.29) is 16.4 Å². The van der Waals surface area contributed by atoms with Crippen LogP contribution >= 0.6 is 12.2 Å². The normalized spacial score (nSPS) is 10.4. The standard InChI is InChI=1S/C18H14N2O4S/c21-16(15-9-13-3-1-2-4-14(13)24-15)20-18(25)19-10-11-5-7-12(8-6-11)17(22)23/h1-9H,10H2,(H,22,23)(H2,19,20,21,25). The van der Waals surface area contributed by atoms with Crippen molar-refractivity contribution in [1.82, 2.24) is 10.6 Å². The molecule has 2 aromatic carbocycles. The summed E-state index contributed by atoms with van der Waals surface area (Å²) in [6.45, 7) is 0.360. The van der Waals surface area contributed by atoms with Gasteiger partial charge in [0.05, 0.1) is 5.56 Å². The predicted octanol–water partition coefficient (Wildman–Crippen LogP) is 2.94. The Morgan fingerprint density at radius 3 is 2.48 bits per heavy atom. The predicted molar refractivity (Wildman–Crippen MR) is 96.5 cm³/mol. The summed E-state index contributed by atoms with van der Waals surface area (Å²) in [6.07, 6.45) is 0. The number of carboxylic acids is 1. The van der Waals surface area contributed by atoms with E-state index in [9.17, 15) is 9.59 Å². The zero-order valence-corrected chi connectivity index (χ0v) is 13.8. The van der Waals surface area contributed by atoms with Gasteiger partial charge in [-0.2, -0.15) is 0 Å². The third kappa shape index (κ3) is 4.02. The minimum atomic E-state index is -0.979. The molecule has 0 saturated carbocycles. The van der Waals surface area contributed by atoms with Crippen molar-refractivity contribution in [1.29, 1.82) is 0 Å². The van der Waals surface area contributed by atoms with E-state index < -0.39 is 11.9 Å². The molecule has 0 atom stereocenters. The van der Waals surface area contributed by atoms with Gasteiger partial charge >= 0.3 is 5.97 Å². The van der Waals surface area contributed by atoms with Crippen molar-refractivity contribution >= 4 is 40.2 Å². The molecule has 3 N–H and O–H groups in total. The van der Waals surface area contributed by atoms with Crippen LogP contribution in [0.4, 0.5) is 0 Å². The monoisotopic (exact) mass is 354 g/mol. The number of aromatic carboxylic acids is 1. The molecule has 0 aliphatic heterocycles. The summed E-state index contributed by atoms with van der Waals surface area (Å²) >= 11 is 5.10. The molecule has 6 nitrogen and oxygen atoms in total. The lowest BCUT2D eigenvalue weighted by Gasteiger charge is -2.08. The second-order valence-electron chi connectivity index (χ2n) is 5.29. The number of amides is 1. The number of nitrogens with one attached hydrogen (secondary N) is 2. The van der Waals surface area contributed by atoms with Crippen LogP contribution < -0.4 is 10.6 Å². The highest BCUT2D eigenvalue weighted by molar-refractivity contribution is 7.80. The van der Waals surface area contributed by atoms with Crippen LogP contribution in [0.15, 0.2) is 59.0 Å². The molecule has 25 heavy (non-hydrogen) atoms. The molecule has 0 saturated heterocycles. The molecule has 7 heteroatoms. The van der Waals surface area contributed by atoms with Crippen LogP contribution in [-0.4, -0.2) is 22.1 Å². The third-order valence-electron chi connectivity index (χ3n) is 3.53. The summed E-state index contributed by atoms with van der Waals surface area (Å²) in [7, 11) is 0. The molecule has 0 aliphatic carbocycles. The van der Waals surface area contributed by atoms with Gasteiger partial charge in [-0.3, -0.25) is 10.1 Å². The number of fused-ring (bicyclic) bond motifs is 1. The van der Waals surface area contributed by atoms with Gasteiger partial charge in [-0.05, 0) is 42.0 Å². The average Bonchev–Trinajstić information content (AvgIpc) is 3.04. The number of benzene rings is 2. The molecule has 0 aliphatic rings. The van der Waals surface area contributed by atoms with Gasteiger partial charge in [-0.25, -0.2) is 4.79 Å². The molecule has 0 spiro atoms. The Balaban J connectivity index is 1.56. The van der Waals surface area contributed by atoms with E-state index in [0.29, 0.717) is 12.1 Å². The summed E-state index contributed by atoms with van der Waals surface area (Å²) in [5.74, 6) is -1.24. The Kier molecular flexibility index (Phi) is 4.76. The van der Waals surface area contributed by atoms with Gasteiger partial charge in [0, 0.05) is 11.9 Å². The Bertz CT molecular complexity index is 914. The smallest absolute Gasteiger partial charge is 0.335 e. The zero-order valence-electron chi connectivity index (χ0n) is 13.0. The van der Waals surface area contributed by atoms with Crippen LogP contribution in [0.1, 0.15) is 26.5 Å². The molecular weight excluding hydrogens is 340 g/mol. The summed E-state index contributed by atoms with van der Waals surface area (Å²) in [5.41, 5.74) is 1.68. The van der Waals surface area contributed by atoms with Crippen LogP contribution in [0.5, 0.6) is 0 Å². The van der Waals surface area contributed by atoms with Gasteiger partial charge in [-0.15, -0.1) is 0 Å². The van der Waals surface area contributed by atoms with E-state index in [4.69, 9.17) is 21.7 Å². The fourth-order valence-electron chi connectivity index (χ4n) is 2.25. The first-order valence-corrected chi connectivity index (χ1v) is 7.84. The van der Waals surface area contributed by atoms with Gasteiger partial charge < -0.3 is 14.8 Å². The maximum absolute atomic E-state index is 12.2. The number of furan rings is 1. The first-order valence-electron chi connectivity index (χ1n) is 7.43. The zero-order chi connectivity index (χ0) is 17.8. The van der Waals surface area contributed by atoms with Crippen LogP contribution in [-0.2, 0) is 6.54 Å². The third-order valence-corrected chi connectivity index (χ3v) is 3.78. The number of rotatable bonds is 4. The minimum absolute atomic E-state index is 0.160. The van der Waals surface area contributed by atoms with Crippen molar-refractivity contribution in [2.24, 2.45) is 0 Å². The number of carbonyl (C=O) groups excluding carboxylic acids is 1. The Hall–Kier alpha value is -3.19. The Morgan fingerprint density at radius 1 is 1.08 bits per heavy atom. The maximum atomic E-state index is 12.2. The lowest BCUT2D eigenvalue weighted by atomic mass is 10.1. The highest BCUT2D eigenvalue weighted by atomic mass is 32.1. The fourth-order valence-corrected chi connectivity index (χ4v) is 2.42. The van der Waals surface area contributed by atoms with Crippen molar-refractivity contribution in [3.8, 4) is 0 Å². The molecule has 126 valence electrons. The van der Waals surface area contributed by atoms with Gasteiger partial charge in [0.1, 0.15) is 5.58 Å². The minimum Gasteiger partial charge on any atom is -0.478 e. The average molecular weight is 354 g/mol. The van der Waals surface area contributed by atoms with Crippen LogP contribution in [0.25, 0.3) is 11.0 Å². The lowest BCUT2D eigenvalue weighted by Crippen LogP contribution is -2.38. The molecule has 0 fully saturated rings. The van der Waals surface area contributed by atoms with E-state index in [0.717, 1.165) is 10.9 Å². The topological polar surface area (TPSA) is 91.6 Å². The second kappa shape index (κ2) is 7.14. The molecule has 1 aromatic heterocycles. The van der Waals surface area contributed by atoms with Gasteiger partial charge in [0.2, 0.25) is 0 Å². The number of hydrogen-bond acceptors (Lipinski definition) is 4. The van der Waals surface area contributed by atoms with Gasteiger partial charge in [-0.1, -0.05) is 30.3 Å². The molecular formula is C18H14N2O4S. The molecule has 3 aromatic rings. The SMILES string of the molecule is O=C(O)c1ccc(CNC(=S)NC(=O)c2cc3ccccc3o2)cc1. The van der Waals surface area contributed by atoms with Crippen LogP contribution in [0.2, 0.25) is 0 Å². The molecule has 0 bridgehead atoms. The van der Waals surface area contributed by atoms with Crippen molar-refractivity contribution in [2.75, 3.05) is 0 Å². The lowest BCUT2D eigenvalue weighted by molar-refractivity contribution is 0.0696. The highest BCUT2D eigenvalue weighted by Gasteiger charge is 2.13. The van der Waals surface area contributed by atoms with Crippen molar-refractivity contribution in [3.63, 3.8) is 0 Å². The van der Waals surface area contributed by atoms with E-state index in [1.165, 1.54) is 12.1 Å².